The van der Waals surface area contributed by atoms with Crippen LogP contribution in [-0.4, -0.2) is 32.8 Å². The van der Waals surface area contributed by atoms with Gasteiger partial charge in [0.2, 0.25) is 0 Å². The first-order valence-corrected chi connectivity index (χ1v) is 10.9. The summed E-state index contributed by atoms with van der Waals surface area (Å²) in [4.78, 5) is 7.38. The highest BCUT2D eigenvalue weighted by molar-refractivity contribution is 6.30. The van der Waals surface area contributed by atoms with Crippen molar-refractivity contribution >= 4 is 11.6 Å². The molecule has 2 aromatic heterocycles. The van der Waals surface area contributed by atoms with Crippen LogP contribution < -0.4 is 0 Å². The molecule has 0 spiro atoms. The number of aryl methyl sites for hydroxylation is 2. The Balaban J connectivity index is 1.38. The predicted octanol–water partition coefficient (Wildman–Crippen LogP) is 5.23. The summed E-state index contributed by atoms with van der Waals surface area (Å²) >= 11 is 5.98. The van der Waals surface area contributed by atoms with Crippen molar-refractivity contribution in [1.82, 2.24) is 19.7 Å². The van der Waals surface area contributed by atoms with Crippen molar-refractivity contribution in [2.75, 3.05) is 13.1 Å². The highest BCUT2D eigenvalue weighted by Crippen LogP contribution is 2.27. The van der Waals surface area contributed by atoms with Crippen LogP contribution in [0.25, 0.3) is 0 Å². The number of benzene rings is 1. The van der Waals surface area contributed by atoms with Crippen LogP contribution in [0.4, 0.5) is 0 Å². The van der Waals surface area contributed by atoms with E-state index in [9.17, 15) is 0 Å². The number of pyridine rings is 1. The van der Waals surface area contributed by atoms with Gasteiger partial charge in [0, 0.05) is 54.2 Å². The van der Waals surface area contributed by atoms with Crippen LogP contribution in [0.15, 0.2) is 48.8 Å². The second-order valence-corrected chi connectivity index (χ2v) is 8.50. The van der Waals surface area contributed by atoms with Gasteiger partial charge in [-0.05, 0) is 69.0 Å². The van der Waals surface area contributed by atoms with Crippen molar-refractivity contribution in [2.45, 2.75) is 52.1 Å². The Morgan fingerprint density at radius 3 is 2.59 bits per heavy atom. The summed E-state index contributed by atoms with van der Waals surface area (Å²) in [5.74, 6) is 0.509. The number of likely N-dealkylation sites (tertiary alicyclic amines) is 1. The first-order chi connectivity index (χ1) is 14.1. The van der Waals surface area contributed by atoms with Crippen LogP contribution in [0, 0.1) is 6.92 Å². The molecule has 3 aromatic rings. The van der Waals surface area contributed by atoms with Crippen molar-refractivity contribution in [2.24, 2.45) is 0 Å². The number of hydrogen-bond acceptors (Lipinski definition) is 3. The SMILES string of the molecule is CCn1cc(CN2CCC[C@H](c3ccc(Cc4ccc(Cl)cc4)cn3)C2)c(C)n1. The van der Waals surface area contributed by atoms with E-state index in [-0.39, 0.29) is 0 Å². The molecule has 5 heteroatoms. The van der Waals surface area contributed by atoms with Gasteiger partial charge in [0.1, 0.15) is 0 Å². The van der Waals surface area contributed by atoms with Gasteiger partial charge in [0.15, 0.2) is 0 Å². The zero-order chi connectivity index (χ0) is 20.2. The fourth-order valence-corrected chi connectivity index (χ4v) is 4.30. The summed E-state index contributed by atoms with van der Waals surface area (Å²) in [5, 5.41) is 5.37. The maximum absolute atomic E-state index is 5.98. The van der Waals surface area contributed by atoms with E-state index >= 15 is 0 Å². The Hall–Kier alpha value is -2.17. The maximum atomic E-state index is 5.98. The largest absolute Gasteiger partial charge is 0.298 e. The molecule has 0 aliphatic carbocycles. The van der Waals surface area contributed by atoms with Gasteiger partial charge in [-0.2, -0.15) is 5.10 Å². The lowest BCUT2D eigenvalue weighted by Crippen LogP contribution is -2.34. The lowest BCUT2D eigenvalue weighted by Gasteiger charge is -2.32. The Kier molecular flexibility index (Phi) is 6.31. The second kappa shape index (κ2) is 9.10. The molecule has 152 valence electrons. The molecule has 0 radical (unpaired) electrons. The molecule has 0 saturated carbocycles. The van der Waals surface area contributed by atoms with Crippen LogP contribution in [0.1, 0.15) is 53.8 Å². The quantitative estimate of drug-likeness (QED) is 0.560. The van der Waals surface area contributed by atoms with Gasteiger partial charge in [0.25, 0.3) is 0 Å². The van der Waals surface area contributed by atoms with Gasteiger partial charge in [-0.1, -0.05) is 29.8 Å². The summed E-state index contributed by atoms with van der Waals surface area (Å²) in [7, 11) is 0. The zero-order valence-electron chi connectivity index (χ0n) is 17.3. The zero-order valence-corrected chi connectivity index (χ0v) is 18.1. The minimum atomic E-state index is 0.509. The van der Waals surface area contributed by atoms with Crippen molar-refractivity contribution in [3.8, 4) is 0 Å². The standard InChI is InChI=1S/C24H29ClN4/c1-3-29-17-22(18(2)27-29)16-28-12-4-5-21(15-28)24-11-8-20(14-26-24)13-19-6-9-23(25)10-7-19/h6-11,14,17,21H,3-5,12-13,15-16H2,1-2H3/t21-/m0/s1. The first kappa shape index (κ1) is 20.1. The molecule has 0 amide bonds. The molecular formula is C24H29ClN4. The molecule has 1 aromatic carbocycles. The molecule has 0 N–H and O–H groups in total. The third-order valence-electron chi connectivity index (χ3n) is 5.86. The molecule has 29 heavy (non-hydrogen) atoms. The number of aromatic nitrogens is 3. The Morgan fingerprint density at radius 1 is 1.10 bits per heavy atom. The number of halogens is 1. The molecule has 0 bridgehead atoms. The van der Waals surface area contributed by atoms with E-state index in [0.29, 0.717) is 5.92 Å². The fourth-order valence-electron chi connectivity index (χ4n) is 4.18. The molecule has 1 saturated heterocycles. The van der Waals surface area contributed by atoms with E-state index in [2.05, 4.69) is 54.3 Å². The molecule has 1 atom stereocenters. The van der Waals surface area contributed by atoms with Crippen LogP contribution in [-0.2, 0) is 19.5 Å². The van der Waals surface area contributed by atoms with E-state index in [0.717, 1.165) is 43.3 Å². The number of piperidine rings is 1. The van der Waals surface area contributed by atoms with Gasteiger partial charge >= 0.3 is 0 Å². The summed E-state index contributed by atoms with van der Waals surface area (Å²) < 4.78 is 2.03. The topological polar surface area (TPSA) is 34.0 Å². The highest BCUT2D eigenvalue weighted by Gasteiger charge is 2.23. The normalized spacial score (nSPS) is 17.6. The minimum absolute atomic E-state index is 0.509. The van der Waals surface area contributed by atoms with Crippen LogP contribution >= 0.6 is 11.6 Å². The minimum Gasteiger partial charge on any atom is -0.298 e. The van der Waals surface area contributed by atoms with Crippen LogP contribution in [0.3, 0.4) is 0 Å². The lowest BCUT2D eigenvalue weighted by molar-refractivity contribution is 0.198. The molecule has 1 aliphatic rings. The maximum Gasteiger partial charge on any atom is 0.0638 e. The molecule has 4 nitrogen and oxygen atoms in total. The van der Waals surface area contributed by atoms with Crippen molar-refractivity contribution in [1.29, 1.82) is 0 Å². The van der Waals surface area contributed by atoms with Gasteiger partial charge in [-0.3, -0.25) is 14.6 Å². The molecular weight excluding hydrogens is 380 g/mol. The predicted molar refractivity (Wildman–Crippen MR) is 118 cm³/mol. The van der Waals surface area contributed by atoms with Gasteiger partial charge in [0.05, 0.1) is 5.69 Å². The summed E-state index contributed by atoms with van der Waals surface area (Å²) in [5.41, 5.74) is 6.22. The second-order valence-electron chi connectivity index (χ2n) is 8.06. The Labute approximate surface area is 178 Å². The highest BCUT2D eigenvalue weighted by atomic mass is 35.5. The molecule has 1 aliphatic heterocycles. The molecule has 3 heterocycles. The molecule has 0 unspecified atom stereocenters. The summed E-state index contributed by atoms with van der Waals surface area (Å²) in [6.45, 7) is 8.38. The van der Waals surface area contributed by atoms with Crippen LogP contribution in [0.2, 0.25) is 5.02 Å². The average Bonchev–Trinajstić information content (AvgIpc) is 3.10. The van der Waals surface area contributed by atoms with Crippen molar-refractivity contribution < 1.29 is 0 Å². The van der Waals surface area contributed by atoms with Gasteiger partial charge in [-0.25, -0.2) is 0 Å². The smallest absolute Gasteiger partial charge is 0.0638 e. The molecule has 1 fully saturated rings. The van der Waals surface area contributed by atoms with E-state index in [4.69, 9.17) is 16.6 Å². The van der Waals surface area contributed by atoms with Crippen molar-refractivity contribution in [3.05, 3.63) is 81.9 Å². The fraction of sp³-hybridized carbons (Fsp3) is 0.417. The summed E-state index contributed by atoms with van der Waals surface area (Å²) in [6.07, 6.45) is 7.57. The monoisotopic (exact) mass is 408 g/mol. The van der Waals surface area contributed by atoms with Gasteiger partial charge in [-0.15, -0.1) is 0 Å². The van der Waals surface area contributed by atoms with Gasteiger partial charge < -0.3 is 0 Å². The lowest BCUT2D eigenvalue weighted by atomic mass is 9.93. The third kappa shape index (κ3) is 5.06. The Bertz CT molecular complexity index is 931. The summed E-state index contributed by atoms with van der Waals surface area (Å²) in [6, 6.07) is 12.5. The van der Waals surface area contributed by atoms with Crippen molar-refractivity contribution in [3.63, 3.8) is 0 Å². The average molecular weight is 409 g/mol. The van der Waals surface area contributed by atoms with E-state index < -0.39 is 0 Å². The number of hydrogen-bond donors (Lipinski definition) is 0. The number of nitrogens with zero attached hydrogens (tertiary/aromatic N) is 4. The molecule has 4 rings (SSSR count). The van der Waals surface area contributed by atoms with E-state index in [1.807, 2.05) is 23.0 Å². The number of rotatable bonds is 6. The first-order valence-electron chi connectivity index (χ1n) is 10.5. The van der Waals surface area contributed by atoms with Crippen LogP contribution in [0.5, 0.6) is 0 Å². The van der Waals surface area contributed by atoms with E-state index in [1.54, 1.807) is 0 Å². The Morgan fingerprint density at radius 2 is 1.90 bits per heavy atom. The van der Waals surface area contributed by atoms with E-state index in [1.165, 1.54) is 35.2 Å². The third-order valence-corrected chi connectivity index (χ3v) is 6.11.